The van der Waals surface area contributed by atoms with Crippen LogP contribution in [0.15, 0.2) is 60.5 Å². The Morgan fingerprint density at radius 3 is 2.15 bits per heavy atom. The number of aromatic nitrogens is 4. The van der Waals surface area contributed by atoms with Gasteiger partial charge in [-0.2, -0.15) is 0 Å². The van der Waals surface area contributed by atoms with Gasteiger partial charge in [-0.05, 0) is 39.5 Å². The summed E-state index contributed by atoms with van der Waals surface area (Å²) in [6, 6.07) is 5.84. The van der Waals surface area contributed by atoms with Gasteiger partial charge in [-0.25, -0.2) is 19.9 Å². The molecule has 0 aliphatic rings. The van der Waals surface area contributed by atoms with E-state index in [1.807, 2.05) is 40.7 Å². The van der Waals surface area contributed by atoms with Crippen LogP contribution in [0, 0.1) is 18.8 Å². The number of hydrogen-bond acceptors (Lipinski definition) is 15. The van der Waals surface area contributed by atoms with Gasteiger partial charge in [0.05, 0.1) is 17.5 Å². The molecule has 0 aliphatic heterocycles. The minimum Gasteiger partial charge on any atom is -0.443 e. The summed E-state index contributed by atoms with van der Waals surface area (Å²) in [6.45, 7) is 14.5. The fraction of sp³-hybridized carbons (Fsp3) is 0.476. The SMILES string of the molecule is CC[C@H](C)[C@@H](NC(=O)c1nc(-c2coc(C(CBr)(OC)OC)n2)oc1-c1ccccc1)C(=O)N[C@@H](C(=O)NC(COC(C)(C)C)c1nc(-c2nc(C(N)=S)co2)c(C)o1)C(C)C. The highest BCUT2D eigenvalue weighted by atomic mass is 79.9. The average molecular weight is 942 g/mol. The van der Waals surface area contributed by atoms with E-state index in [4.69, 9.17) is 49.8 Å². The van der Waals surface area contributed by atoms with E-state index < -0.39 is 53.2 Å². The van der Waals surface area contributed by atoms with E-state index in [9.17, 15) is 14.4 Å². The van der Waals surface area contributed by atoms with Gasteiger partial charge in [0.1, 0.15) is 47.1 Å². The van der Waals surface area contributed by atoms with Crippen molar-refractivity contribution in [2.24, 2.45) is 17.6 Å². The number of alkyl halides is 1. The third-order valence-corrected chi connectivity index (χ3v) is 10.8. The van der Waals surface area contributed by atoms with Crippen molar-refractivity contribution in [3.05, 3.63) is 71.8 Å². The van der Waals surface area contributed by atoms with Crippen molar-refractivity contribution < 1.29 is 46.3 Å². The van der Waals surface area contributed by atoms with Gasteiger partial charge in [0, 0.05) is 19.8 Å². The smallest absolute Gasteiger partial charge is 0.274 e. The largest absolute Gasteiger partial charge is 0.443 e. The lowest BCUT2D eigenvalue weighted by atomic mass is 9.96. The molecule has 20 heteroatoms. The third kappa shape index (κ3) is 11.0. The Morgan fingerprint density at radius 1 is 0.887 bits per heavy atom. The van der Waals surface area contributed by atoms with Crippen molar-refractivity contribution in [1.29, 1.82) is 0 Å². The van der Waals surface area contributed by atoms with Gasteiger partial charge in [-0.3, -0.25) is 14.4 Å². The van der Waals surface area contributed by atoms with Gasteiger partial charge in [-0.1, -0.05) is 92.6 Å². The number of carbonyl (C=O) groups excluding carboxylic acids is 3. The van der Waals surface area contributed by atoms with Crippen molar-refractivity contribution in [2.75, 3.05) is 26.2 Å². The zero-order chi connectivity index (χ0) is 45.5. The molecule has 5 N–H and O–H groups in total. The molecule has 0 radical (unpaired) electrons. The van der Waals surface area contributed by atoms with E-state index in [0.29, 0.717) is 17.7 Å². The van der Waals surface area contributed by atoms with E-state index in [2.05, 4.69) is 51.8 Å². The molecule has 0 bridgehead atoms. The summed E-state index contributed by atoms with van der Waals surface area (Å²) in [5, 5.41) is 8.90. The monoisotopic (exact) mass is 940 g/mol. The molecule has 62 heavy (non-hydrogen) atoms. The highest BCUT2D eigenvalue weighted by molar-refractivity contribution is 9.09. The molecule has 1 unspecified atom stereocenters. The number of carbonyl (C=O) groups is 3. The minimum atomic E-state index is -1.34. The Bertz CT molecular complexity index is 2320. The fourth-order valence-electron chi connectivity index (χ4n) is 6.06. The first kappa shape index (κ1) is 47.8. The topological polar surface area (TPSA) is 245 Å². The first-order valence-electron chi connectivity index (χ1n) is 19.8. The molecule has 1 aromatic carbocycles. The number of amides is 3. The molecule has 4 atom stereocenters. The van der Waals surface area contributed by atoms with Gasteiger partial charge in [0.25, 0.3) is 17.6 Å². The number of nitrogens with zero attached hydrogens (tertiary/aromatic N) is 4. The van der Waals surface area contributed by atoms with Crippen LogP contribution in [0.25, 0.3) is 34.5 Å². The first-order chi connectivity index (χ1) is 29.3. The van der Waals surface area contributed by atoms with E-state index in [1.54, 1.807) is 45.0 Å². The maximum Gasteiger partial charge on any atom is 0.274 e. The zero-order valence-corrected chi connectivity index (χ0v) is 38.7. The van der Waals surface area contributed by atoms with E-state index in [1.165, 1.54) is 26.7 Å². The van der Waals surface area contributed by atoms with Crippen molar-refractivity contribution in [3.8, 4) is 34.5 Å². The van der Waals surface area contributed by atoms with Crippen molar-refractivity contribution >= 4 is 50.9 Å². The lowest BCUT2D eigenvalue weighted by molar-refractivity contribution is -0.211. The van der Waals surface area contributed by atoms with E-state index >= 15 is 0 Å². The first-order valence-corrected chi connectivity index (χ1v) is 21.4. The molecular formula is C42H53BrN8O10S. The second kappa shape index (κ2) is 20.3. The average Bonchev–Trinajstić information content (AvgIpc) is 4.08. The Morgan fingerprint density at radius 2 is 1.56 bits per heavy atom. The van der Waals surface area contributed by atoms with Crippen LogP contribution >= 0.6 is 28.1 Å². The molecule has 0 spiro atoms. The van der Waals surface area contributed by atoms with Crippen molar-refractivity contribution in [2.45, 2.75) is 91.3 Å². The van der Waals surface area contributed by atoms with E-state index in [0.717, 1.165) is 0 Å². The standard InChI is InChI=1S/C42H53BrN8O10S/c1-11-22(4)29(49-36(54)31-32(24-15-13-12-14-16-24)61-38(51-31)26-18-58-40(47-26)42(20-43,55-9)56-10)35(53)48-28(21(2)3)34(52)45-27(19-59-41(6,7)8)37-50-30(23(5)60-37)39-46-25(17-57-39)33(44)62/h12-18,21-22,27-29H,11,19-20H2,1-10H3,(H2,44,62)(H,45,52)(H,48,53)(H,49,54)/t22-,27?,28+,29+/m0/s1. The number of nitrogens with two attached hydrogens (primary N) is 1. The molecule has 5 aromatic rings. The number of methoxy groups -OCH3 is 2. The molecule has 334 valence electrons. The van der Waals surface area contributed by atoms with E-state index in [-0.39, 0.29) is 74.9 Å². The number of aryl methyl sites for hydroxylation is 1. The molecule has 0 saturated heterocycles. The lowest BCUT2D eigenvalue weighted by Gasteiger charge is -2.29. The molecule has 5 rings (SSSR count). The predicted octanol–water partition coefficient (Wildman–Crippen LogP) is 6.38. The Balaban J connectivity index is 1.41. The van der Waals surface area contributed by atoms with Crippen molar-refractivity contribution in [1.82, 2.24) is 35.9 Å². The summed E-state index contributed by atoms with van der Waals surface area (Å²) in [4.78, 5) is 60.7. The minimum absolute atomic E-state index is 0.0241. The number of rotatable bonds is 20. The highest BCUT2D eigenvalue weighted by Gasteiger charge is 2.39. The van der Waals surface area contributed by atoms with Gasteiger partial charge in [0.15, 0.2) is 22.8 Å². The summed E-state index contributed by atoms with van der Waals surface area (Å²) in [5.41, 5.74) is 6.30. The fourth-order valence-corrected chi connectivity index (χ4v) is 6.85. The van der Waals surface area contributed by atoms with Gasteiger partial charge in [-0.15, -0.1) is 0 Å². The molecule has 0 fully saturated rings. The zero-order valence-electron chi connectivity index (χ0n) is 36.3. The van der Waals surface area contributed by atoms with Crippen LogP contribution in [0.2, 0.25) is 0 Å². The Hall–Kier alpha value is -5.28. The summed E-state index contributed by atoms with van der Waals surface area (Å²) in [5.74, 6) is -3.15. The normalized spacial score (nSPS) is 14.0. The van der Waals surface area contributed by atoms with Crippen LogP contribution in [0.5, 0.6) is 0 Å². The number of oxazole rings is 4. The Labute approximate surface area is 373 Å². The molecule has 3 amide bonds. The molecular weight excluding hydrogens is 888 g/mol. The van der Waals surface area contributed by atoms with Gasteiger partial charge in [0.2, 0.25) is 29.5 Å². The molecule has 4 aromatic heterocycles. The van der Waals surface area contributed by atoms with Crippen molar-refractivity contribution in [3.63, 3.8) is 0 Å². The predicted molar refractivity (Wildman–Crippen MR) is 234 cm³/mol. The number of nitrogens with one attached hydrogen (secondary N) is 3. The van der Waals surface area contributed by atoms with Crippen LogP contribution in [0.4, 0.5) is 0 Å². The number of hydrogen-bond donors (Lipinski definition) is 4. The van der Waals surface area contributed by atoms with Crippen LogP contribution in [0.3, 0.4) is 0 Å². The maximum atomic E-state index is 14.3. The number of halogens is 1. The highest BCUT2D eigenvalue weighted by Crippen LogP contribution is 2.34. The Kier molecular flexibility index (Phi) is 15.6. The second-order valence-corrected chi connectivity index (χ2v) is 16.8. The third-order valence-electron chi connectivity index (χ3n) is 9.86. The van der Waals surface area contributed by atoms with Crippen LogP contribution < -0.4 is 21.7 Å². The van der Waals surface area contributed by atoms with Gasteiger partial charge < -0.3 is 53.6 Å². The lowest BCUT2D eigenvalue weighted by Crippen LogP contribution is -2.57. The summed E-state index contributed by atoms with van der Waals surface area (Å²) < 4.78 is 40.6. The number of thiocarbonyl (C=S) groups is 1. The second-order valence-electron chi connectivity index (χ2n) is 15.8. The quantitative estimate of drug-likeness (QED) is 0.0376. The summed E-state index contributed by atoms with van der Waals surface area (Å²) in [7, 11) is 2.89. The maximum absolute atomic E-state index is 14.3. The summed E-state index contributed by atoms with van der Waals surface area (Å²) >= 11 is 8.39. The molecule has 4 heterocycles. The number of ether oxygens (including phenoxy) is 3. The summed E-state index contributed by atoms with van der Waals surface area (Å²) in [6.07, 6.45) is 3.13. The number of benzene rings is 1. The van der Waals surface area contributed by atoms with Crippen LogP contribution in [-0.2, 0) is 29.6 Å². The molecule has 0 saturated carbocycles. The molecule has 0 aliphatic carbocycles. The van der Waals surface area contributed by atoms with Crippen LogP contribution in [-0.4, -0.2) is 86.5 Å². The molecule has 18 nitrogen and oxygen atoms in total. The van der Waals surface area contributed by atoms with Crippen LogP contribution in [0.1, 0.15) is 94.7 Å². The van der Waals surface area contributed by atoms with Gasteiger partial charge >= 0.3 is 0 Å².